The lowest BCUT2D eigenvalue weighted by Gasteiger charge is -2.11. The Bertz CT molecular complexity index is 1070. The van der Waals surface area contributed by atoms with Gasteiger partial charge in [-0.3, -0.25) is 19.8 Å². The van der Waals surface area contributed by atoms with E-state index in [2.05, 4.69) is 0 Å². The number of ether oxygens (including phenoxy) is 2. The molecule has 0 spiro atoms. The number of nitrogens with zero attached hydrogens (tertiary/aromatic N) is 2. The van der Waals surface area contributed by atoms with E-state index < -0.39 is 10.9 Å². The number of amides is 1. The van der Waals surface area contributed by atoms with Gasteiger partial charge in [0.05, 0.1) is 22.0 Å². The number of nitro benzene ring substituents is 1. The fourth-order valence-corrected chi connectivity index (χ4v) is 3.72. The van der Waals surface area contributed by atoms with E-state index in [1.54, 1.807) is 38.2 Å². The lowest BCUT2D eigenvalue weighted by Crippen LogP contribution is -2.22. The van der Waals surface area contributed by atoms with Gasteiger partial charge in [-0.05, 0) is 42.8 Å². The van der Waals surface area contributed by atoms with Crippen LogP contribution < -0.4 is 9.47 Å². The molecule has 2 aromatic carbocycles. The Labute approximate surface area is 181 Å². The molecule has 154 valence electrons. The van der Waals surface area contributed by atoms with Crippen molar-refractivity contribution >= 4 is 51.9 Å². The van der Waals surface area contributed by atoms with Crippen LogP contribution in [-0.2, 0) is 4.79 Å². The number of carbonyl (C=O) groups is 2. The number of hydrogen-bond donors (Lipinski definition) is 0. The van der Waals surface area contributed by atoms with Gasteiger partial charge in [-0.1, -0.05) is 30.0 Å². The summed E-state index contributed by atoms with van der Waals surface area (Å²) in [6, 6.07) is 10.0. The maximum Gasteiger partial charge on any atom is 0.343 e. The van der Waals surface area contributed by atoms with E-state index in [1.807, 2.05) is 0 Å². The zero-order valence-corrected chi connectivity index (χ0v) is 17.6. The molecule has 3 rings (SSSR count). The van der Waals surface area contributed by atoms with Crippen molar-refractivity contribution in [3.8, 4) is 11.5 Å². The molecule has 1 aliphatic heterocycles. The number of likely N-dealkylation sites (N-methyl/N-ethyl adjacent to an activating group) is 1. The molecule has 1 aliphatic rings. The maximum atomic E-state index is 12.4. The van der Waals surface area contributed by atoms with E-state index in [0.717, 1.165) is 0 Å². The quantitative estimate of drug-likeness (QED) is 0.164. The molecule has 1 amide bonds. The number of hydrogen-bond acceptors (Lipinski definition) is 8. The first-order valence-electron chi connectivity index (χ1n) is 8.75. The molecule has 1 heterocycles. The summed E-state index contributed by atoms with van der Waals surface area (Å²) < 4.78 is 11.5. The Morgan fingerprint density at radius 2 is 1.93 bits per heavy atom. The van der Waals surface area contributed by atoms with E-state index >= 15 is 0 Å². The molecule has 1 saturated heterocycles. The largest absolute Gasteiger partial charge is 0.490 e. The third-order valence-electron chi connectivity index (χ3n) is 4.07. The molecule has 0 saturated carbocycles. The minimum Gasteiger partial charge on any atom is -0.490 e. The molecule has 1 fully saturated rings. The topological polar surface area (TPSA) is 99.0 Å². The fraction of sp³-hybridized carbons (Fsp3) is 0.150. The van der Waals surface area contributed by atoms with E-state index in [-0.39, 0.29) is 22.9 Å². The van der Waals surface area contributed by atoms with Crippen LogP contribution in [-0.4, -0.2) is 39.7 Å². The minimum absolute atomic E-state index is 0.122. The summed E-state index contributed by atoms with van der Waals surface area (Å²) in [6.45, 7) is 2.12. The van der Waals surface area contributed by atoms with Gasteiger partial charge in [0, 0.05) is 19.2 Å². The van der Waals surface area contributed by atoms with E-state index in [1.165, 1.54) is 40.9 Å². The second kappa shape index (κ2) is 9.06. The molecule has 0 bridgehead atoms. The Kier molecular flexibility index (Phi) is 6.48. The number of non-ortho nitro benzene ring substituents is 1. The molecule has 0 radical (unpaired) electrons. The van der Waals surface area contributed by atoms with Crippen LogP contribution in [0, 0.1) is 10.1 Å². The molecule has 8 nitrogen and oxygen atoms in total. The predicted octanol–water partition coefficient (Wildman–Crippen LogP) is 4.04. The van der Waals surface area contributed by atoms with Crippen molar-refractivity contribution in [1.29, 1.82) is 0 Å². The standard InChI is InChI=1S/C20H16N2O6S2/c1-3-27-16-10-12(11-17-18(23)21(2)20(29)30-17)4-9-15(16)28-19(24)13-5-7-14(8-6-13)22(25)26/h4-11H,3H2,1-2H3/b17-11+. The second-order valence-corrected chi connectivity index (χ2v) is 7.75. The maximum absolute atomic E-state index is 12.4. The van der Waals surface area contributed by atoms with Gasteiger partial charge in [-0.25, -0.2) is 4.79 Å². The van der Waals surface area contributed by atoms with Gasteiger partial charge in [0.1, 0.15) is 4.32 Å². The number of carbonyl (C=O) groups excluding carboxylic acids is 2. The molecular formula is C20H16N2O6S2. The second-order valence-electron chi connectivity index (χ2n) is 6.07. The number of nitro groups is 1. The van der Waals surface area contributed by atoms with Crippen LogP contribution >= 0.6 is 24.0 Å². The predicted molar refractivity (Wildman–Crippen MR) is 117 cm³/mol. The average Bonchev–Trinajstić information content (AvgIpc) is 2.96. The van der Waals surface area contributed by atoms with Crippen LogP contribution in [0.15, 0.2) is 47.4 Å². The van der Waals surface area contributed by atoms with Crippen LogP contribution in [0.1, 0.15) is 22.8 Å². The van der Waals surface area contributed by atoms with Gasteiger partial charge in [0.25, 0.3) is 11.6 Å². The van der Waals surface area contributed by atoms with Crippen molar-refractivity contribution in [3.63, 3.8) is 0 Å². The van der Waals surface area contributed by atoms with Crippen molar-refractivity contribution < 1.29 is 24.0 Å². The highest BCUT2D eigenvalue weighted by Gasteiger charge is 2.28. The molecule has 30 heavy (non-hydrogen) atoms. The SMILES string of the molecule is CCOc1cc(/C=C2/SC(=S)N(C)C2=O)ccc1OC(=O)c1ccc([N+](=O)[O-])cc1. The highest BCUT2D eigenvalue weighted by molar-refractivity contribution is 8.26. The van der Waals surface area contributed by atoms with Gasteiger partial charge in [-0.2, -0.15) is 0 Å². The summed E-state index contributed by atoms with van der Waals surface area (Å²) in [4.78, 5) is 36.7. The molecule has 0 aliphatic carbocycles. The highest BCUT2D eigenvalue weighted by atomic mass is 32.2. The Morgan fingerprint density at radius 3 is 2.50 bits per heavy atom. The Hall–Kier alpha value is -3.24. The van der Waals surface area contributed by atoms with Gasteiger partial charge in [0.15, 0.2) is 11.5 Å². The van der Waals surface area contributed by atoms with E-state index in [0.29, 0.717) is 27.1 Å². The molecule has 0 atom stereocenters. The zero-order valence-electron chi connectivity index (χ0n) is 16.0. The molecule has 10 heteroatoms. The third-order valence-corrected chi connectivity index (χ3v) is 5.55. The number of esters is 1. The summed E-state index contributed by atoms with van der Waals surface area (Å²) in [7, 11) is 1.62. The van der Waals surface area contributed by atoms with Crippen molar-refractivity contribution in [3.05, 3.63) is 68.6 Å². The van der Waals surface area contributed by atoms with Gasteiger partial charge >= 0.3 is 5.97 Å². The molecule has 2 aromatic rings. The van der Waals surface area contributed by atoms with Crippen LogP contribution in [0.4, 0.5) is 5.69 Å². The molecule has 0 unspecified atom stereocenters. The summed E-state index contributed by atoms with van der Waals surface area (Å²) in [6.07, 6.45) is 1.69. The highest BCUT2D eigenvalue weighted by Crippen LogP contribution is 2.34. The monoisotopic (exact) mass is 444 g/mol. The average molecular weight is 444 g/mol. The number of rotatable bonds is 6. The van der Waals surface area contributed by atoms with Crippen LogP contribution in [0.5, 0.6) is 11.5 Å². The first-order chi connectivity index (χ1) is 14.3. The van der Waals surface area contributed by atoms with Gasteiger partial charge in [-0.15, -0.1) is 0 Å². The molecular weight excluding hydrogens is 428 g/mol. The first kappa shape index (κ1) is 21.5. The number of thiocarbonyl (C=S) groups is 1. The van der Waals surface area contributed by atoms with Crippen molar-refractivity contribution in [2.45, 2.75) is 6.92 Å². The van der Waals surface area contributed by atoms with Crippen LogP contribution in [0.25, 0.3) is 6.08 Å². The summed E-state index contributed by atoms with van der Waals surface area (Å²) in [5, 5.41) is 10.7. The normalized spacial score (nSPS) is 14.9. The van der Waals surface area contributed by atoms with Crippen molar-refractivity contribution in [2.75, 3.05) is 13.7 Å². The van der Waals surface area contributed by atoms with Crippen molar-refractivity contribution in [2.24, 2.45) is 0 Å². The van der Waals surface area contributed by atoms with E-state index in [4.69, 9.17) is 21.7 Å². The fourth-order valence-electron chi connectivity index (χ4n) is 2.54. The Balaban J connectivity index is 1.83. The lowest BCUT2D eigenvalue weighted by atomic mass is 10.1. The smallest absolute Gasteiger partial charge is 0.343 e. The van der Waals surface area contributed by atoms with E-state index in [9.17, 15) is 19.7 Å². The number of benzene rings is 2. The Morgan fingerprint density at radius 1 is 1.23 bits per heavy atom. The summed E-state index contributed by atoms with van der Waals surface area (Å²) >= 11 is 6.33. The zero-order chi connectivity index (χ0) is 21.8. The van der Waals surface area contributed by atoms with Gasteiger partial charge in [0.2, 0.25) is 0 Å². The lowest BCUT2D eigenvalue weighted by molar-refractivity contribution is -0.384. The van der Waals surface area contributed by atoms with Crippen LogP contribution in [0.2, 0.25) is 0 Å². The molecule has 0 aromatic heterocycles. The van der Waals surface area contributed by atoms with Gasteiger partial charge < -0.3 is 9.47 Å². The minimum atomic E-state index is -0.676. The third kappa shape index (κ3) is 4.66. The first-order valence-corrected chi connectivity index (χ1v) is 9.97. The summed E-state index contributed by atoms with van der Waals surface area (Å²) in [5.74, 6) is -0.337. The number of thioether (sulfide) groups is 1. The van der Waals surface area contributed by atoms with Crippen molar-refractivity contribution in [1.82, 2.24) is 4.90 Å². The van der Waals surface area contributed by atoms with Crippen LogP contribution in [0.3, 0.4) is 0 Å². The summed E-state index contributed by atoms with van der Waals surface area (Å²) in [5.41, 5.74) is 0.727. The molecule has 0 N–H and O–H groups in total.